The predicted octanol–water partition coefficient (Wildman–Crippen LogP) is 2.31. The second kappa shape index (κ2) is 10.9. The van der Waals surface area contributed by atoms with Crippen LogP contribution in [0.3, 0.4) is 0 Å². The highest BCUT2D eigenvalue weighted by Crippen LogP contribution is 2.41. The summed E-state index contributed by atoms with van der Waals surface area (Å²) in [7, 11) is -4.33. The van der Waals surface area contributed by atoms with Gasteiger partial charge in [0.1, 0.15) is 6.04 Å². The van der Waals surface area contributed by atoms with E-state index in [0.717, 1.165) is 25.3 Å². The van der Waals surface area contributed by atoms with E-state index in [-0.39, 0.29) is 18.1 Å². The van der Waals surface area contributed by atoms with Crippen LogP contribution in [0.5, 0.6) is 0 Å². The number of nitrogens with one attached hydrogen (secondary N) is 1. The maximum atomic E-state index is 13.2. The number of nitro benzene ring substituents is 1. The van der Waals surface area contributed by atoms with Crippen molar-refractivity contribution in [1.82, 2.24) is 4.72 Å². The van der Waals surface area contributed by atoms with E-state index in [1.54, 1.807) is 0 Å². The molecule has 4 aliphatic rings. The second-order valence-corrected chi connectivity index (χ2v) is 10.8. The normalized spacial score (nSPS) is 29.2. The Balaban J connectivity index is 1.47. The van der Waals surface area contributed by atoms with Gasteiger partial charge in [-0.3, -0.25) is 10.1 Å². The Morgan fingerprint density at radius 3 is 2.57 bits per heavy atom. The number of sulfonamides is 1. The maximum absolute atomic E-state index is 13.2. The van der Waals surface area contributed by atoms with Crippen molar-refractivity contribution < 1.29 is 37.0 Å². The van der Waals surface area contributed by atoms with Crippen LogP contribution in [0.2, 0.25) is 0 Å². The van der Waals surface area contributed by atoms with Crippen molar-refractivity contribution in [3.8, 4) is 11.8 Å². The quantitative estimate of drug-likeness (QED) is 0.230. The first-order chi connectivity index (χ1) is 16.7. The van der Waals surface area contributed by atoms with Crippen molar-refractivity contribution >= 4 is 15.7 Å². The van der Waals surface area contributed by atoms with E-state index in [9.17, 15) is 18.5 Å². The van der Waals surface area contributed by atoms with Crippen molar-refractivity contribution in [2.24, 2.45) is 5.41 Å². The van der Waals surface area contributed by atoms with Crippen LogP contribution in [0.25, 0.3) is 0 Å². The minimum absolute atomic E-state index is 0.00347. The molecule has 4 fully saturated rings. The third kappa shape index (κ3) is 6.18. The molecule has 192 valence electrons. The lowest BCUT2D eigenvalue weighted by Gasteiger charge is -2.52. The van der Waals surface area contributed by atoms with Crippen LogP contribution in [0, 0.1) is 27.4 Å². The number of para-hydroxylation sites is 1. The second-order valence-electron chi connectivity index (χ2n) is 9.15. The van der Waals surface area contributed by atoms with Crippen LogP contribution in [0.15, 0.2) is 29.2 Å². The highest BCUT2D eigenvalue weighted by atomic mass is 32.2. The molecule has 35 heavy (non-hydrogen) atoms. The number of ether oxygens (including phenoxy) is 5. The molecule has 4 saturated heterocycles. The number of benzene rings is 1. The maximum Gasteiger partial charge on any atom is 0.301 e. The van der Waals surface area contributed by atoms with Gasteiger partial charge in [0.15, 0.2) is 11.2 Å². The first-order valence-electron chi connectivity index (χ1n) is 11.6. The summed E-state index contributed by atoms with van der Waals surface area (Å²) >= 11 is 0. The van der Waals surface area contributed by atoms with E-state index in [2.05, 4.69) is 16.6 Å². The zero-order chi connectivity index (χ0) is 24.9. The SMILES string of the molecule is CC12COC([C@H](CC#CCCOC3CCCCO3)NS(=O)(=O)c3ccccc3[N+](=O)[O-])(OC1)OC2. The molecule has 0 aliphatic carbocycles. The number of nitro groups is 1. The molecule has 5 rings (SSSR count). The van der Waals surface area contributed by atoms with Crippen LogP contribution >= 0.6 is 0 Å². The average molecular weight is 511 g/mol. The first kappa shape index (κ1) is 26.0. The number of rotatable bonds is 9. The van der Waals surface area contributed by atoms with Gasteiger partial charge >= 0.3 is 5.97 Å². The summed E-state index contributed by atoms with van der Waals surface area (Å²) < 4.78 is 57.5. The van der Waals surface area contributed by atoms with E-state index in [0.29, 0.717) is 39.5 Å². The lowest BCUT2D eigenvalue weighted by molar-refractivity contribution is -0.472. The van der Waals surface area contributed by atoms with Crippen molar-refractivity contribution in [2.75, 3.05) is 33.0 Å². The Kier molecular flexibility index (Phi) is 8.07. The summed E-state index contributed by atoms with van der Waals surface area (Å²) in [5, 5.41) is 11.4. The van der Waals surface area contributed by atoms with Crippen LogP contribution in [-0.2, 0) is 33.7 Å². The van der Waals surface area contributed by atoms with Crippen molar-refractivity contribution in [3.05, 3.63) is 34.4 Å². The van der Waals surface area contributed by atoms with Crippen molar-refractivity contribution in [2.45, 2.75) is 62.2 Å². The van der Waals surface area contributed by atoms with Gasteiger partial charge in [0.25, 0.3) is 5.69 Å². The Labute approximate surface area is 204 Å². The fourth-order valence-corrected chi connectivity index (χ4v) is 5.45. The van der Waals surface area contributed by atoms with Gasteiger partial charge in [0.05, 0.1) is 31.4 Å². The number of hydrogen-bond donors (Lipinski definition) is 1. The van der Waals surface area contributed by atoms with Gasteiger partial charge in [-0.1, -0.05) is 19.1 Å². The van der Waals surface area contributed by atoms with E-state index in [1.807, 2.05) is 6.92 Å². The number of hydrogen-bond acceptors (Lipinski definition) is 9. The molecule has 2 bridgehead atoms. The van der Waals surface area contributed by atoms with Crippen molar-refractivity contribution in [3.63, 3.8) is 0 Å². The fourth-order valence-electron chi connectivity index (χ4n) is 4.05. The lowest BCUT2D eigenvalue weighted by atomic mass is 9.91. The molecule has 1 N–H and O–H groups in total. The zero-order valence-electron chi connectivity index (χ0n) is 19.6. The van der Waals surface area contributed by atoms with Crippen LogP contribution in [-0.4, -0.2) is 64.7 Å². The molecule has 4 aliphatic heterocycles. The molecular weight excluding hydrogens is 480 g/mol. The standard InChI is InChI=1S/C23H30N2O9S/c1-22-15-32-23(33-16-22,34-17-22)20(11-3-2-7-13-30-21-12-6-8-14-31-21)24-35(28,29)19-10-5-4-9-18(19)25(26)27/h4-5,9-10,20-21,24H,6-8,11-17H2,1H3/t20-,21?,22?,23?/m0/s1. The number of nitrogens with zero attached hydrogens (tertiary/aromatic N) is 1. The van der Waals surface area contributed by atoms with Gasteiger partial charge in [-0.05, 0) is 25.3 Å². The van der Waals surface area contributed by atoms with Gasteiger partial charge in [-0.2, -0.15) is 4.72 Å². The van der Waals surface area contributed by atoms with Crippen LogP contribution in [0.4, 0.5) is 5.69 Å². The zero-order valence-corrected chi connectivity index (χ0v) is 20.4. The lowest BCUT2D eigenvalue weighted by Crippen LogP contribution is -2.67. The first-order valence-corrected chi connectivity index (χ1v) is 13.1. The van der Waals surface area contributed by atoms with Crippen molar-refractivity contribution in [1.29, 1.82) is 0 Å². The molecule has 1 aromatic rings. The summed E-state index contributed by atoms with van der Waals surface area (Å²) in [6.07, 6.45) is 3.18. The van der Waals surface area contributed by atoms with Gasteiger partial charge < -0.3 is 23.7 Å². The summed E-state index contributed by atoms with van der Waals surface area (Å²) in [6, 6.07) is 4.06. The van der Waals surface area contributed by atoms with Gasteiger partial charge in [0, 0.05) is 30.9 Å². The smallest absolute Gasteiger partial charge is 0.301 e. The predicted molar refractivity (Wildman–Crippen MR) is 122 cm³/mol. The number of fused-ring (bicyclic) bond motifs is 3. The minimum atomic E-state index is -4.33. The van der Waals surface area contributed by atoms with Crippen LogP contribution in [0.1, 0.15) is 39.0 Å². The molecule has 1 aromatic carbocycles. The summed E-state index contributed by atoms with van der Waals surface area (Å²) in [6.45, 7) is 3.98. The minimum Gasteiger partial charge on any atom is -0.353 e. The summed E-state index contributed by atoms with van der Waals surface area (Å²) in [5.74, 6) is 4.25. The molecule has 2 atom stereocenters. The third-order valence-electron chi connectivity index (χ3n) is 6.04. The monoisotopic (exact) mass is 510 g/mol. The Hall–Kier alpha value is -2.11. The largest absolute Gasteiger partial charge is 0.353 e. The molecule has 1 unspecified atom stereocenters. The Morgan fingerprint density at radius 2 is 1.91 bits per heavy atom. The molecule has 0 amide bonds. The summed E-state index contributed by atoms with van der Waals surface area (Å²) in [4.78, 5) is 10.2. The molecule has 0 aromatic heterocycles. The summed E-state index contributed by atoms with van der Waals surface area (Å²) in [5.41, 5.74) is -0.861. The third-order valence-corrected chi connectivity index (χ3v) is 7.56. The molecule has 12 heteroatoms. The van der Waals surface area contributed by atoms with Crippen LogP contribution < -0.4 is 4.72 Å². The van der Waals surface area contributed by atoms with E-state index < -0.39 is 37.5 Å². The topological polar surface area (TPSA) is 135 Å². The van der Waals surface area contributed by atoms with Gasteiger partial charge in [0.2, 0.25) is 10.0 Å². The fraction of sp³-hybridized carbons (Fsp3) is 0.652. The highest BCUT2D eigenvalue weighted by Gasteiger charge is 2.55. The Morgan fingerprint density at radius 1 is 1.20 bits per heavy atom. The molecular formula is C23H30N2O9S. The highest BCUT2D eigenvalue weighted by molar-refractivity contribution is 7.89. The Bertz CT molecular complexity index is 1050. The molecule has 11 nitrogen and oxygen atoms in total. The van der Waals surface area contributed by atoms with Gasteiger partial charge in [-0.25, -0.2) is 8.42 Å². The molecule has 0 radical (unpaired) electrons. The average Bonchev–Trinajstić information content (AvgIpc) is 2.86. The molecule has 4 heterocycles. The van der Waals surface area contributed by atoms with E-state index in [1.165, 1.54) is 18.2 Å². The van der Waals surface area contributed by atoms with E-state index >= 15 is 0 Å². The molecule has 0 spiro atoms. The van der Waals surface area contributed by atoms with E-state index in [4.69, 9.17) is 23.7 Å². The van der Waals surface area contributed by atoms with Gasteiger partial charge in [-0.15, -0.1) is 11.8 Å². The molecule has 0 saturated carbocycles.